The molecule has 146 valence electrons. The van der Waals surface area contributed by atoms with E-state index in [0.29, 0.717) is 38.6 Å². The van der Waals surface area contributed by atoms with Crippen molar-refractivity contribution < 1.29 is 4.52 Å². The molecule has 30 heavy (non-hydrogen) atoms. The molecule has 0 saturated heterocycles. The van der Waals surface area contributed by atoms with Crippen LogP contribution in [0.2, 0.25) is 5.02 Å². The van der Waals surface area contributed by atoms with E-state index in [0.717, 1.165) is 5.56 Å². The van der Waals surface area contributed by atoms with Crippen LogP contribution in [0.1, 0.15) is 5.56 Å². The minimum Gasteiger partial charge on any atom is -0.332 e. The number of hydrogen-bond acceptors (Lipinski definition) is 5. The van der Waals surface area contributed by atoms with Crippen LogP contribution in [0.3, 0.4) is 0 Å². The molecule has 3 aromatic carbocycles. The SMILES string of the molecule is Cc1cccc(-n2nc(-c3nc(-c4ccccc4Cl)no3)c3ccccc3c2=O)c1. The second-order valence-electron chi connectivity index (χ2n) is 6.85. The van der Waals surface area contributed by atoms with Crippen LogP contribution in [0.5, 0.6) is 0 Å². The molecule has 0 aliphatic heterocycles. The van der Waals surface area contributed by atoms with Gasteiger partial charge in [0.25, 0.3) is 11.4 Å². The van der Waals surface area contributed by atoms with Gasteiger partial charge in [0.2, 0.25) is 5.82 Å². The molecule has 0 fully saturated rings. The Kier molecular flexibility index (Phi) is 4.41. The number of rotatable bonds is 3. The largest absolute Gasteiger partial charge is 0.332 e. The Bertz CT molecular complexity index is 1460. The van der Waals surface area contributed by atoms with Crippen LogP contribution in [-0.4, -0.2) is 19.9 Å². The Hall–Kier alpha value is -3.77. The number of fused-ring (bicyclic) bond motifs is 1. The monoisotopic (exact) mass is 414 g/mol. The summed E-state index contributed by atoms with van der Waals surface area (Å²) >= 11 is 6.27. The minimum atomic E-state index is -0.217. The first-order chi connectivity index (χ1) is 14.6. The summed E-state index contributed by atoms with van der Waals surface area (Å²) in [4.78, 5) is 17.6. The van der Waals surface area contributed by atoms with Crippen LogP contribution < -0.4 is 5.56 Å². The lowest BCUT2D eigenvalue weighted by Gasteiger charge is -2.09. The molecule has 0 spiro atoms. The van der Waals surface area contributed by atoms with Gasteiger partial charge < -0.3 is 4.52 Å². The Morgan fingerprint density at radius 3 is 2.50 bits per heavy atom. The zero-order valence-corrected chi connectivity index (χ0v) is 16.7. The van der Waals surface area contributed by atoms with Crippen molar-refractivity contribution in [2.24, 2.45) is 0 Å². The number of benzene rings is 3. The fourth-order valence-electron chi connectivity index (χ4n) is 3.35. The predicted octanol–water partition coefficient (Wildman–Crippen LogP) is 5.06. The summed E-state index contributed by atoms with van der Waals surface area (Å²) in [6, 6.07) is 22.1. The van der Waals surface area contributed by atoms with E-state index in [2.05, 4.69) is 15.2 Å². The molecule has 5 rings (SSSR count). The van der Waals surface area contributed by atoms with Crippen LogP contribution in [0.25, 0.3) is 39.4 Å². The van der Waals surface area contributed by atoms with Gasteiger partial charge in [-0.3, -0.25) is 4.79 Å². The number of nitrogens with zero attached hydrogens (tertiary/aromatic N) is 4. The molecule has 0 aliphatic rings. The maximum absolute atomic E-state index is 13.1. The lowest BCUT2D eigenvalue weighted by molar-refractivity contribution is 0.430. The van der Waals surface area contributed by atoms with Crippen molar-refractivity contribution in [3.8, 4) is 28.7 Å². The van der Waals surface area contributed by atoms with Crippen LogP contribution >= 0.6 is 11.6 Å². The zero-order chi connectivity index (χ0) is 20.7. The Morgan fingerprint density at radius 2 is 1.70 bits per heavy atom. The summed E-state index contributed by atoms with van der Waals surface area (Å²) in [5.41, 5.74) is 2.56. The van der Waals surface area contributed by atoms with Gasteiger partial charge in [0.15, 0.2) is 5.69 Å². The van der Waals surface area contributed by atoms with Gasteiger partial charge in [-0.25, -0.2) is 0 Å². The first kappa shape index (κ1) is 18.3. The van der Waals surface area contributed by atoms with E-state index in [1.807, 2.05) is 67.6 Å². The fraction of sp³-hybridized carbons (Fsp3) is 0.0435. The number of aryl methyl sites for hydroxylation is 1. The topological polar surface area (TPSA) is 73.8 Å². The van der Waals surface area contributed by atoms with Gasteiger partial charge >= 0.3 is 0 Å². The molecule has 0 aliphatic carbocycles. The summed E-state index contributed by atoms with van der Waals surface area (Å²) in [6.07, 6.45) is 0. The molecule has 0 bridgehead atoms. The van der Waals surface area contributed by atoms with Gasteiger partial charge in [-0.2, -0.15) is 14.8 Å². The van der Waals surface area contributed by atoms with Crippen molar-refractivity contribution in [1.82, 2.24) is 19.9 Å². The van der Waals surface area contributed by atoms with Gasteiger partial charge in [-0.05, 0) is 42.8 Å². The molecule has 0 atom stereocenters. The third-order valence-electron chi connectivity index (χ3n) is 4.79. The van der Waals surface area contributed by atoms with E-state index < -0.39 is 0 Å². The van der Waals surface area contributed by atoms with Crippen LogP contribution in [0.4, 0.5) is 0 Å². The molecule has 2 heterocycles. The fourth-order valence-corrected chi connectivity index (χ4v) is 3.57. The summed E-state index contributed by atoms with van der Waals surface area (Å²) in [5, 5.41) is 10.3. The molecule has 7 heteroatoms. The second-order valence-corrected chi connectivity index (χ2v) is 7.26. The number of aromatic nitrogens is 4. The van der Waals surface area contributed by atoms with E-state index in [1.54, 1.807) is 12.1 Å². The van der Waals surface area contributed by atoms with Crippen molar-refractivity contribution in [1.29, 1.82) is 0 Å². The van der Waals surface area contributed by atoms with Crippen molar-refractivity contribution in [2.75, 3.05) is 0 Å². The molecule has 5 aromatic rings. The molecule has 6 nitrogen and oxygen atoms in total. The average Bonchev–Trinajstić information content (AvgIpc) is 3.24. The molecule has 0 radical (unpaired) electrons. The maximum atomic E-state index is 13.1. The summed E-state index contributed by atoms with van der Waals surface area (Å²) in [6.45, 7) is 1.96. The zero-order valence-electron chi connectivity index (χ0n) is 15.9. The third kappa shape index (κ3) is 3.07. The van der Waals surface area contributed by atoms with Gasteiger partial charge in [0, 0.05) is 10.9 Å². The lowest BCUT2D eigenvalue weighted by atomic mass is 10.1. The molecular weight excluding hydrogens is 400 g/mol. The molecule has 0 amide bonds. The van der Waals surface area contributed by atoms with E-state index in [9.17, 15) is 4.79 Å². The van der Waals surface area contributed by atoms with E-state index >= 15 is 0 Å². The standard InChI is InChI=1S/C23H15ClN4O2/c1-14-7-6-8-15(13-14)28-23(29)17-10-3-2-9-16(17)20(26-28)22-25-21(27-30-22)18-11-4-5-12-19(18)24/h2-13H,1H3. The highest BCUT2D eigenvalue weighted by Gasteiger charge is 2.19. The van der Waals surface area contributed by atoms with Crippen molar-refractivity contribution in [3.05, 3.63) is 93.7 Å². The summed E-state index contributed by atoms with van der Waals surface area (Å²) < 4.78 is 6.89. The Labute approximate surface area is 176 Å². The molecule has 0 unspecified atom stereocenters. The quantitative estimate of drug-likeness (QED) is 0.412. The molecule has 0 N–H and O–H groups in total. The molecule has 2 aromatic heterocycles. The molecule has 0 saturated carbocycles. The average molecular weight is 415 g/mol. The first-order valence-electron chi connectivity index (χ1n) is 9.30. The van der Waals surface area contributed by atoms with Crippen LogP contribution in [0, 0.1) is 6.92 Å². The van der Waals surface area contributed by atoms with Crippen molar-refractivity contribution in [3.63, 3.8) is 0 Å². The van der Waals surface area contributed by atoms with E-state index in [1.165, 1.54) is 4.68 Å². The first-order valence-corrected chi connectivity index (χ1v) is 9.68. The van der Waals surface area contributed by atoms with E-state index in [-0.39, 0.29) is 11.4 Å². The van der Waals surface area contributed by atoms with Gasteiger partial charge in [-0.1, -0.05) is 59.2 Å². The highest BCUT2D eigenvalue weighted by atomic mass is 35.5. The summed E-state index contributed by atoms with van der Waals surface area (Å²) in [7, 11) is 0. The van der Waals surface area contributed by atoms with Crippen LogP contribution in [-0.2, 0) is 0 Å². The smallest absolute Gasteiger partial charge is 0.279 e. The van der Waals surface area contributed by atoms with Crippen molar-refractivity contribution in [2.45, 2.75) is 6.92 Å². The van der Waals surface area contributed by atoms with Crippen molar-refractivity contribution >= 4 is 22.4 Å². The van der Waals surface area contributed by atoms with E-state index in [4.69, 9.17) is 16.1 Å². The Morgan fingerprint density at radius 1 is 0.933 bits per heavy atom. The highest BCUT2D eigenvalue weighted by Crippen LogP contribution is 2.29. The van der Waals surface area contributed by atoms with Gasteiger partial charge in [0.05, 0.1) is 16.1 Å². The maximum Gasteiger partial charge on any atom is 0.279 e. The number of hydrogen-bond donors (Lipinski definition) is 0. The Balaban J connectivity index is 1.75. The predicted molar refractivity (Wildman–Crippen MR) is 116 cm³/mol. The van der Waals surface area contributed by atoms with Crippen LogP contribution in [0.15, 0.2) is 82.1 Å². The van der Waals surface area contributed by atoms with Gasteiger partial charge in [0.1, 0.15) is 0 Å². The second kappa shape index (κ2) is 7.24. The third-order valence-corrected chi connectivity index (χ3v) is 5.12. The summed E-state index contributed by atoms with van der Waals surface area (Å²) in [5.74, 6) is 0.567. The minimum absolute atomic E-state index is 0.211. The molecular formula is C23H15ClN4O2. The normalized spacial score (nSPS) is 11.1. The highest BCUT2D eigenvalue weighted by molar-refractivity contribution is 6.33. The number of halogens is 1. The lowest BCUT2D eigenvalue weighted by Crippen LogP contribution is -2.22. The van der Waals surface area contributed by atoms with Gasteiger partial charge in [-0.15, -0.1) is 0 Å².